The van der Waals surface area contributed by atoms with Gasteiger partial charge in [0.05, 0.1) is 22.3 Å². The zero-order valence-electron chi connectivity index (χ0n) is 14.8. The molecule has 2 aromatic carbocycles. The highest BCUT2D eigenvalue weighted by Gasteiger charge is 2.14. The number of hydrogen-bond donors (Lipinski definition) is 4. The number of hydrogen-bond acceptors (Lipinski definition) is 4. The number of aromatic carboxylic acids is 4. The maximum Gasteiger partial charge on any atom is 0.335 e. The highest BCUT2D eigenvalue weighted by atomic mass is 16.4. The average Bonchev–Trinajstić information content (AvgIpc) is 2.56. The number of carboxylic acids is 4. The third kappa shape index (κ3) is 5.15. The van der Waals surface area contributed by atoms with Crippen molar-refractivity contribution in [3.8, 4) is 0 Å². The lowest BCUT2D eigenvalue weighted by Gasteiger charge is -2.07. The van der Waals surface area contributed by atoms with E-state index in [1.807, 2.05) is 0 Å². The van der Waals surface area contributed by atoms with Gasteiger partial charge in [0.25, 0.3) is 0 Å². The second-order valence-corrected chi connectivity index (χ2v) is 5.66. The molecule has 0 aliphatic heterocycles. The molecule has 0 spiro atoms. The van der Waals surface area contributed by atoms with Gasteiger partial charge in [0.15, 0.2) is 0 Å². The Morgan fingerprint density at radius 3 is 1.26 bits per heavy atom. The van der Waals surface area contributed by atoms with Gasteiger partial charge in [-0.15, -0.1) is 0 Å². The maximum atomic E-state index is 10.7. The Morgan fingerprint density at radius 1 is 0.593 bits per heavy atom. The van der Waals surface area contributed by atoms with E-state index < -0.39 is 23.9 Å². The molecule has 8 heteroatoms. The summed E-state index contributed by atoms with van der Waals surface area (Å²) in [5.41, 5.74) is 1.97. The number of carbonyl (C=O) groups is 4. The van der Waals surface area contributed by atoms with Crippen molar-refractivity contribution in [3.05, 3.63) is 69.3 Å². The molecule has 142 valence electrons. The van der Waals surface area contributed by atoms with Gasteiger partial charge in [0.1, 0.15) is 0 Å². The van der Waals surface area contributed by atoms with Gasteiger partial charge < -0.3 is 20.4 Å². The van der Waals surface area contributed by atoms with Crippen molar-refractivity contribution in [3.63, 3.8) is 0 Å². The van der Waals surface area contributed by atoms with Gasteiger partial charge in [0.2, 0.25) is 0 Å². The molecule has 0 aliphatic carbocycles. The van der Waals surface area contributed by atoms with E-state index in [0.717, 1.165) is 0 Å². The minimum Gasteiger partial charge on any atom is -0.478 e. The van der Waals surface area contributed by atoms with Gasteiger partial charge in [-0.2, -0.15) is 0 Å². The van der Waals surface area contributed by atoms with Crippen LogP contribution in [-0.2, 0) is 0 Å². The van der Waals surface area contributed by atoms with Crippen molar-refractivity contribution in [2.45, 2.75) is 20.8 Å². The minimum atomic E-state index is -1.06. The van der Waals surface area contributed by atoms with Crippen LogP contribution < -0.4 is 0 Å². The lowest BCUT2D eigenvalue weighted by Crippen LogP contribution is -2.06. The summed E-state index contributed by atoms with van der Waals surface area (Å²) in [7, 11) is 0. The Balaban J connectivity index is 0.000000271. The first-order valence-corrected chi connectivity index (χ1v) is 7.61. The predicted octanol–water partition coefficient (Wildman–Crippen LogP) is 3.09. The monoisotopic (exact) mass is 374 g/mol. The number of aryl methyl sites for hydroxylation is 1. The van der Waals surface area contributed by atoms with Crippen LogP contribution in [0, 0.1) is 20.8 Å². The summed E-state index contributed by atoms with van der Waals surface area (Å²) in [4.78, 5) is 42.5. The smallest absolute Gasteiger partial charge is 0.335 e. The van der Waals surface area contributed by atoms with E-state index in [9.17, 15) is 19.2 Å². The SMILES string of the molecule is Cc1c(C(=O)O)ccc(C(=O)O)c1C.Cc1cc(C(=O)O)ccc1C(=O)O. The first-order chi connectivity index (χ1) is 12.5. The fraction of sp³-hybridized carbons (Fsp3) is 0.158. The first kappa shape index (κ1) is 21.4. The number of carboxylic acid groups (broad SMARTS) is 4. The molecule has 0 saturated carbocycles. The molecule has 0 aromatic heterocycles. The molecule has 0 heterocycles. The second kappa shape index (κ2) is 8.61. The topological polar surface area (TPSA) is 149 Å². The molecule has 0 radical (unpaired) electrons. The third-order valence-electron chi connectivity index (χ3n) is 3.95. The zero-order chi connectivity index (χ0) is 20.9. The standard InChI is InChI=1S/C10H10O4.C9H8O4/c1-5-6(2)8(10(13)14)4-3-7(5)9(11)12;1-5-4-6(8(10)11)2-3-7(5)9(12)13/h3-4H,1-2H3,(H,11,12)(H,13,14);2-4H,1H3,(H,10,11)(H,12,13). The third-order valence-corrected chi connectivity index (χ3v) is 3.95. The van der Waals surface area contributed by atoms with Crippen LogP contribution in [0.4, 0.5) is 0 Å². The van der Waals surface area contributed by atoms with Gasteiger partial charge in [0, 0.05) is 0 Å². The Labute approximate surface area is 154 Å². The maximum absolute atomic E-state index is 10.7. The largest absolute Gasteiger partial charge is 0.478 e. The van der Waals surface area contributed by atoms with Crippen molar-refractivity contribution in [2.24, 2.45) is 0 Å². The molecule has 0 bridgehead atoms. The van der Waals surface area contributed by atoms with Crippen molar-refractivity contribution < 1.29 is 39.6 Å². The average molecular weight is 374 g/mol. The van der Waals surface area contributed by atoms with Crippen molar-refractivity contribution in [1.29, 1.82) is 0 Å². The molecular formula is C19H18O8. The van der Waals surface area contributed by atoms with Crippen LogP contribution in [-0.4, -0.2) is 44.3 Å². The molecular weight excluding hydrogens is 356 g/mol. The normalized spacial score (nSPS) is 9.74. The molecule has 2 rings (SSSR count). The molecule has 2 aromatic rings. The summed E-state index contributed by atoms with van der Waals surface area (Å²) in [6, 6.07) is 6.54. The highest BCUT2D eigenvalue weighted by molar-refractivity contribution is 5.95. The summed E-state index contributed by atoms with van der Waals surface area (Å²) in [6.07, 6.45) is 0. The van der Waals surface area contributed by atoms with E-state index in [4.69, 9.17) is 20.4 Å². The molecule has 0 amide bonds. The van der Waals surface area contributed by atoms with Crippen LogP contribution in [0.3, 0.4) is 0 Å². The molecule has 8 nitrogen and oxygen atoms in total. The van der Waals surface area contributed by atoms with Crippen LogP contribution in [0.2, 0.25) is 0 Å². The molecule has 0 aliphatic rings. The number of benzene rings is 2. The second-order valence-electron chi connectivity index (χ2n) is 5.66. The zero-order valence-corrected chi connectivity index (χ0v) is 14.8. The van der Waals surface area contributed by atoms with Crippen LogP contribution in [0.25, 0.3) is 0 Å². The fourth-order valence-electron chi connectivity index (χ4n) is 2.32. The predicted molar refractivity (Wildman–Crippen MR) is 94.9 cm³/mol. The van der Waals surface area contributed by atoms with Crippen LogP contribution >= 0.6 is 0 Å². The van der Waals surface area contributed by atoms with Gasteiger partial charge in [-0.05, 0) is 67.8 Å². The Bertz CT molecular complexity index is 889. The lowest BCUT2D eigenvalue weighted by atomic mass is 9.98. The summed E-state index contributed by atoms with van der Waals surface area (Å²) < 4.78 is 0. The first-order valence-electron chi connectivity index (χ1n) is 7.61. The van der Waals surface area contributed by atoms with Crippen molar-refractivity contribution in [2.75, 3.05) is 0 Å². The van der Waals surface area contributed by atoms with Gasteiger partial charge in [-0.3, -0.25) is 0 Å². The highest BCUT2D eigenvalue weighted by Crippen LogP contribution is 2.17. The van der Waals surface area contributed by atoms with Crippen LogP contribution in [0.5, 0.6) is 0 Å². The van der Waals surface area contributed by atoms with Gasteiger partial charge >= 0.3 is 23.9 Å². The fourth-order valence-corrected chi connectivity index (χ4v) is 2.32. The Hall–Kier alpha value is -3.68. The molecule has 27 heavy (non-hydrogen) atoms. The summed E-state index contributed by atoms with van der Waals surface area (Å²) in [6.45, 7) is 4.77. The van der Waals surface area contributed by atoms with E-state index in [-0.39, 0.29) is 22.3 Å². The van der Waals surface area contributed by atoms with Gasteiger partial charge in [-0.1, -0.05) is 0 Å². The van der Waals surface area contributed by atoms with Gasteiger partial charge in [-0.25, -0.2) is 19.2 Å². The molecule has 0 saturated heterocycles. The van der Waals surface area contributed by atoms with E-state index in [1.165, 1.54) is 30.3 Å². The summed E-state index contributed by atoms with van der Waals surface area (Å²) in [5.74, 6) is -4.18. The summed E-state index contributed by atoms with van der Waals surface area (Å²) >= 11 is 0. The minimum absolute atomic E-state index is 0.0995. The van der Waals surface area contributed by atoms with Crippen LogP contribution in [0.15, 0.2) is 30.3 Å². The Kier molecular flexibility index (Phi) is 6.82. The van der Waals surface area contributed by atoms with E-state index in [1.54, 1.807) is 20.8 Å². The molecule has 4 N–H and O–H groups in total. The molecule has 0 fully saturated rings. The Morgan fingerprint density at radius 2 is 0.963 bits per heavy atom. The van der Waals surface area contributed by atoms with E-state index in [0.29, 0.717) is 16.7 Å². The van der Waals surface area contributed by atoms with Crippen molar-refractivity contribution >= 4 is 23.9 Å². The molecule has 0 atom stereocenters. The number of rotatable bonds is 4. The van der Waals surface area contributed by atoms with Crippen LogP contribution in [0.1, 0.15) is 58.1 Å². The molecule has 0 unspecified atom stereocenters. The van der Waals surface area contributed by atoms with E-state index in [2.05, 4.69) is 0 Å². The summed E-state index contributed by atoms with van der Waals surface area (Å²) in [5, 5.41) is 34.8. The van der Waals surface area contributed by atoms with Crippen molar-refractivity contribution in [1.82, 2.24) is 0 Å². The quantitative estimate of drug-likeness (QED) is 0.638. The lowest BCUT2D eigenvalue weighted by molar-refractivity contribution is 0.0679. The van der Waals surface area contributed by atoms with E-state index >= 15 is 0 Å².